The molecule has 0 bridgehead atoms. The summed E-state index contributed by atoms with van der Waals surface area (Å²) in [6, 6.07) is 4.88. The van der Waals surface area contributed by atoms with Gasteiger partial charge in [-0.15, -0.1) is 12.4 Å². The highest BCUT2D eigenvalue weighted by Gasteiger charge is 2.39. The van der Waals surface area contributed by atoms with Crippen molar-refractivity contribution in [1.82, 2.24) is 10.6 Å². The number of halogens is 2. The van der Waals surface area contributed by atoms with E-state index in [4.69, 9.17) is 16.3 Å². The third-order valence-electron chi connectivity index (χ3n) is 4.16. The van der Waals surface area contributed by atoms with E-state index in [1.54, 1.807) is 25.3 Å². The average molecular weight is 376 g/mol. The number of methoxy groups -OCH3 is 1. The minimum atomic E-state index is -0.549. The summed E-state index contributed by atoms with van der Waals surface area (Å²) < 4.78 is 5.27. The molecule has 1 aromatic rings. The molecule has 1 saturated heterocycles. The second-order valence-corrected chi connectivity index (χ2v) is 6.10. The highest BCUT2D eigenvalue weighted by molar-refractivity contribution is 6.34. The van der Waals surface area contributed by atoms with E-state index < -0.39 is 5.41 Å². The maximum Gasteiger partial charge on any atom is 0.252 e. The monoisotopic (exact) mass is 375 g/mol. The van der Waals surface area contributed by atoms with Crippen LogP contribution in [-0.2, 0) is 9.53 Å². The number of carbonyl (C=O) groups is 2. The Kier molecular flexibility index (Phi) is 7.96. The Labute approximate surface area is 153 Å². The third kappa shape index (κ3) is 4.60. The molecule has 8 heteroatoms. The number of ether oxygens (including phenoxy) is 1. The first-order valence-corrected chi connectivity index (χ1v) is 7.93. The van der Waals surface area contributed by atoms with Gasteiger partial charge in [-0.2, -0.15) is 0 Å². The van der Waals surface area contributed by atoms with Gasteiger partial charge in [0.1, 0.15) is 0 Å². The molecule has 0 spiro atoms. The van der Waals surface area contributed by atoms with Gasteiger partial charge in [-0.25, -0.2) is 0 Å². The number of hydrogen-bond donors (Lipinski definition) is 3. The molecule has 0 atom stereocenters. The smallest absolute Gasteiger partial charge is 0.252 e. The molecule has 0 radical (unpaired) electrons. The van der Waals surface area contributed by atoms with Crippen LogP contribution in [0.4, 0.5) is 5.69 Å². The van der Waals surface area contributed by atoms with Gasteiger partial charge in [-0.1, -0.05) is 11.6 Å². The maximum atomic E-state index is 12.8. The molecule has 0 aromatic heterocycles. The molecule has 3 N–H and O–H groups in total. The molecular weight excluding hydrogens is 353 g/mol. The highest BCUT2D eigenvalue weighted by atomic mass is 35.5. The lowest BCUT2D eigenvalue weighted by molar-refractivity contribution is -0.130. The van der Waals surface area contributed by atoms with Crippen LogP contribution in [0.5, 0.6) is 0 Å². The second kappa shape index (κ2) is 9.22. The van der Waals surface area contributed by atoms with Crippen molar-refractivity contribution >= 4 is 41.5 Å². The second-order valence-electron chi connectivity index (χ2n) is 5.69. The molecule has 134 valence electrons. The van der Waals surface area contributed by atoms with Crippen LogP contribution in [0.15, 0.2) is 18.2 Å². The van der Waals surface area contributed by atoms with E-state index in [0.717, 1.165) is 13.1 Å². The lowest BCUT2D eigenvalue weighted by Gasteiger charge is -2.35. The quantitative estimate of drug-likeness (QED) is 0.735. The van der Waals surface area contributed by atoms with Crippen molar-refractivity contribution in [3.8, 4) is 0 Å². The lowest BCUT2D eigenvalue weighted by atomic mass is 9.78. The predicted octanol–water partition coefficient (Wildman–Crippen LogP) is 2.08. The molecule has 1 aromatic carbocycles. The molecule has 0 saturated carbocycles. The van der Waals surface area contributed by atoms with Crippen molar-refractivity contribution in [3.63, 3.8) is 0 Å². The normalized spacial score (nSPS) is 16.0. The zero-order valence-corrected chi connectivity index (χ0v) is 15.4. The number of nitrogens with one attached hydrogen (secondary N) is 3. The molecule has 1 heterocycles. The Morgan fingerprint density at radius 2 is 2.00 bits per heavy atom. The van der Waals surface area contributed by atoms with Crippen LogP contribution in [0, 0.1) is 5.41 Å². The zero-order chi connectivity index (χ0) is 16.9. The van der Waals surface area contributed by atoms with Crippen LogP contribution in [0.3, 0.4) is 0 Å². The fourth-order valence-corrected chi connectivity index (χ4v) is 3.00. The fourth-order valence-electron chi connectivity index (χ4n) is 2.79. The maximum absolute atomic E-state index is 12.8. The van der Waals surface area contributed by atoms with Crippen LogP contribution in [0.1, 0.15) is 23.2 Å². The molecular formula is C16H23Cl2N3O3. The number of carbonyl (C=O) groups excluding carboxylic acids is 2. The van der Waals surface area contributed by atoms with Crippen LogP contribution in [-0.4, -0.2) is 45.7 Å². The third-order valence-corrected chi connectivity index (χ3v) is 4.49. The Morgan fingerprint density at radius 3 is 2.58 bits per heavy atom. The van der Waals surface area contributed by atoms with Crippen molar-refractivity contribution in [1.29, 1.82) is 0 Å². The number of hydrogen-bond acceptors (Lipinski definition) is 4. The fraction of sp³-hybridized carbons (Fsp3) is 0.500. The van der Waals surface area contributed by atoms with Gasteiger partial charge < -0.3 is 20.7 Å². The van der Waals surface area contributed by atoms with E-state index in [9.17, 15) is 9.59 Å². The van der Waals surface area contributed by atoms with E-state index >= 15 is 0 Å². The van der Waals surface area contributed by atoms with Crippen molar-refractivity contribution in [2.45, 2.75) is 12.8 Å². The lowest BCUT2D eigenvalue weighted by Crippen LogP contribution is -2.47. The molecule has 1 aliphatic rings. The van der Waals surface area contributed by atoms with Crippen molar-refractivity contribution in [2.24, 2.45) is 5.41 Å². The van der Waals surface area contributed by atoms with Crippen LogP contribution >= 0.6 is 24.0 Å². The van der Waals surface area contributed by atoms with Crippen LogP contribution in [0.25, 0.3) is 0 Å². The van der Waals surface area contributed by atoms with Gasteiger partial charge in [0.2, 0.25) is 5.91 Å². The van der Waals surface area contributed by atoms with E-state index in [1.807, 2.05) is 0 Å². The van der Waals surface area contributed by atoms with Gasteiger partial charge in [0, 0.05) is 19.8 Å². The first-order valence-electron chi connectivity index (χ1n) is 7.55. The summed E-state index contributed by atoms with van der Waals surface area (Å²) in [7, 11) is 3.13. The summed E-state index contributed by atoms with van der Waals surface area (Å²) >= 11 is 6.03. The average Bonchev–Trinajstić information content (AvgIpc) is 2.57. The van der Waals surface area contributed by atoms with Crippen molar-refractivity contribution < 1.29 is 14.3 Å². The molecule has 24 heavy (non-hydrogen) atoms. The van der Waals surface area contributed by atoms with Gasteiger partial charge in [0.15, 0.2) is 0 Å². The zero-order valence-electron chi connectivity index (χ0n) is 13.8. The highest BCUT2D eigenvalue weighted by Crippen LogP contribution is 2.31. The molecule has 2 amide bonds. The van der Waals surface area contributed by atoms with E-state index in [-0.39, 0.29) is 24.2 Å². The molecule has 0 unspecified atom stereocenters. The molecule has 6 nitrogen and oxygen atoms in total. The van der Waals surface area contributed by atoms with Gasteiger partial charge in [0.05, 0.1) is 22.6 Å². The summed E-state index contributed by atoms with van der Waals surface area (Å²) in [5, 5.41) is 9.02. The number of rotatable bonds is 5. The number of amides is 2. The van der Waals surface area contributed by atoms with Gasteiger partial charge in [-0.05, 0) is 44.1 Å². The predicted molar refractivity (Wildman–Crippen MR) is 97.1 cm³/mol. The van der Waals surface area contributed by atoms with Gasteiger partial charge in [-0.3, -0.25) is 9.59 Å². The topological polar surface area (TPSA) is 79.5 Å². The van der Waals surface area contributed by atoms with E-state index in [0.29, 0.717) is 35.7 Å². The summed E-state index contributed by atoms with van der Waals surface area (Å²) in [6.07, 6.45) is 1.42. The minimum Gasteiger partial charge on any atom is -0.384 e. The number of anilines is 1. The summed E-state index contributed by atoms with van der Waals surface area (Å²) in [6.45, 7) is 1.93. The summed E-state index contributed by atoms with van der Waals surface area (Å²) in [4.78, 5) is 24.6. The molecule has 0 aliphatic carbocycles. The standard InChI is InChI=1S/C16H22ClN3O3.ClH/c1-18-14(21)12-9-11(3-4-13(12)17)20-15(22)16(10-23-2)5-7-19-8-6-16;/h3-4,9,19H,5-8,10H2,1-2H3,(H,18,21)(H,20,22);1H. The van der Waals surface area contributed by atoms with Crippen molar-refractivity contribution in [3.05, 3.63) is 28.8 Å². The minimum absolute atomic E-state index is 0. The Bertz CT molecular complexity index is 584. The SMILES string of the molecule is CNC(=O)c1cc(NC(=O)C2(COC)CCNCC2)ccc1Cl.Cl. The van der Waals surface area contributed by atoms with Gasteiger partial charge in [0.25, 0.3) is 5.91 Å². The Balaban J connectivity index is 0.00000288. The van der Waals surface area contributed by atoms with Crippen LogP contribution < -0.4 is 16.0 Å². The number of piperidine rings is 1. The molecule has 1 fully saturated rings. The Morgan fingerprint density at radius 1 is 1.33 bits per heavy atom. The first-order chi connectivity index (χ1) is 11.0. The summed E-state index contributed by atoms with van der Waals surface area (Å²) in [5.41, 5.74) is 0.331. The van der Waals surface area contributed by atoms with Gasteiger partial charge >= 0.3 is 0 Å². The Hall–Kier alpha value is -1.34. The summed E-state index contributed by atoms with van der Waals surface area (Å²) in [5.74, 6) is -0.384. The van der Waals surface area contributed by atoms with E-state index in [2.05, 4.69) is 16.0 Å². The van der Waals surface area contributed by atoms with E-state index in [1.165, 1.54) is 7.05 Å². The largest absolute Gasteiger partial charge is 0.384 e. The molecule has 1 aliphatic heterocycles. The van der Waals surface area contributed by atoms with Crippen LogP contribution in [0.2, 0.25) is 5.02 Å². The first kappa shape index (κ1) is 20.7. The number of benzene rings is 1. The molecule has 2 rings (SSSR count). The van der Waals surface area contributed by atoms with Crippen molar-refractivity contribution in [2.75, 3.05) is 39.2 Å².